The second kappa shape index (κ2) is 6.76. The molecule has 0 N–H and O–H groups in total. The van der Waals surface area contributed by atoms with Gasteiger partial charge in [-0.1, -0.05) is 48.2 Å². The molecule has 0 fully saturated rings. The van der Waals surface area contributed by atoms with Crippen molar-refractivity contribution >= 4 is 29.0 Å². The molecule has 0 bridgehead atoms. The number of thioether (sulfide) groups is 1. The Labute approximate surface area is 151 Å². The number of fused-ring (bicyclic) bond motifs is 2. The lowest BCUT2D eigenvalue weighted by molar-refractivity contribution is -0.115. The van der Waals surface area contributed by atoms with Gasteiger partial charge in [0, 0.05) is 19.4 Å². The summed E-state index contributed by atoms with van der Waals surface area (Å²) in [6.07, 6.45) is 5.54. The first kappa shape index (κ1) is 16.0. The van der Waals surface area contributed by atoms with Crippen LogP contribution in [0.3, 0.4) is 0 Å². The molecule has 1 amide bonds. The molecule has 0 saturated heterocycles. The van der Waals surface area contributed by atoms with Gasteiger partial charge in [-0.05, 0) is 36.1 Å². The van der Waals surface area contributed by atoms with Crippen LogP contribution in [-0.2, 0) is 24.7 Å². The Morgan fingerprint density at radius 3 is 2.20 bits per heavy atom. The van der Waals surface area contributed by atoms with Crippen molar-refractivity contribution in [1.82, 2.24) is 9.55 Å². The van der Waals surface area contributed by atoms with Crippen LogP contribution in [0, 0.1) is 0 Å². The minimum absolute atomic E-state index is 0.0785. The molecule has 25 heavy (non-hydrogen) atoms. The highest BCUT2D eigenvalue weighted by molar-refractivity contribution is 7.99. The van der Waals surface area contributed by atoms with Gasteiger partial charge in [-0.2, -0.15) is 0 Å². The van der Waals surface area contributed by atoms with Crippen LogP contribution in [0.15, 0.2) is 66.1 Å². The predicted octanol–water partition coefficient (Wildman–Crippen LogP) is 3.98. The van der Waals surface area contributed by atoms with Crippen LogP contribution < -0.4 is 4.90 Å². The van der Waals surface area contributed by atoms with Crippen LogP contribution in [-0.4, -0.2) is 21.2 Å². The lowest BCUT2D eigenvalue weighted by atomic mass is 10.0. The number of carbonyl (C=O) groups is 1. The van der Waals surface area contributed by atoms with Gasteiger partial charge in [0.05, 0.1) is 17.1 Å². The number of carbonyl (C=O) groups excluding carboxylic acids is 1. The molecule has 0 radical (unpaired) electrons. The van der Waals surface area contributed by atoms with Crippen LogP contribution in [0.4, 0.5) is 11.4 Å². The Balaban J connectivity index is 1.69. The molecular weight excluding hydrogens is 330 g/mol. The minimum atomic E-state index is 0.0785. The molecule has 2 heterocycles. The first-order chi connectivity index (χ1) is 12.2. The first-order valence-corrected chi connectivity index (χ1v) is 9.31. The molecule has 126 valence electrons. The number of hydrogen-bond acceptors (Lipinski definition) is 3. The van der Waals surface area contributed by atoms with Crippen molar-refractivity contribution in [3.63, 3.8) is 0 Å². The van der Waals surface area contributed by atoms with Crippen molar-refractivity contribution in [3.8, 4) is 0 Å². The molecule has 4 nitrogen and oxygen atoms in total. The summed E-state index contributed by atoms with van der Waals surface area (Å²) in [7, 11) is 1.94. The van der Waals surface area contributed by atoms with Gasteiger partial charge in [0.15, 0.2) is 5.16 Å². The van der Waals surface area contributed by atoms with E-state index in [0.29, 0.717) is 5.75 Å². The van der Waals surface area contributed by atoms with Gasteiger partial charge in [-0.3, -0.25) is 9.69 Å². The summed E-state index contributed by atoms with van der Waals surface area (Å²) in [5, 5.41) is 0.852. The van der Waals surface area contributed by atoms with Gasteiger partial charge in [0.2, 0.25) is 5.91 Å². The van der Waals surface area contributed by atoms with Crippen LogP contribution in [0.25, 0.3) is 0 Å². The van der Waals surface area contributed by atoms with E-state index in [1.165, 1.54) is 22.9 Å². The largest absolute Gasteiger partial charge is 0.329 e. The third-order valence-corrected chi connectivity index (χ3v) is 5.52. The number of anilines is 2. The van der Waals surface area contributed by atoms with E-state index in [0.717, 1.165) is 29.4 Å². The number of benzene rings is 2. The molecule has 1 aromatic heterocycles. The highest BCUT2D eigenvalue weighted by atomic mass is 32.2. The van der Waals surface area contributed by atoms with Crippen molar-refractivity contribution in [1.29, 1.82) is 0 Å². The molecule has 0 aliphatic carbocycles. The smallest absolute Gasteiger partial charge is 0.242 e. The predicted molar refractivity (Wildman–Crippen MR) is 101 cm³/mol. The summed E-state index contributed by atoms with van der Waals surface area (Å²) in [5.74, 6) is 0.433. The Hall–Kier alpha value is -2.53. The number of amides is 1. The normalized spacial score (nSPS) is 13.1. The fourth-order valence-corrected chi connectivity index (χ4v) is 4.01. The Morgan fingerprint density at radius 2 is 1.64 bits per heavy atom. The Bertz CT molecular complexity index is 871. The fraction of sp³-hybridized carbons (Fsp3) is 0.200. The maximum Gasteiger partial charge on any atom is 0.242 e. The molecular formula is C20H19N3OS. The molecule has 1 aliphatic rings. The Kier molecular flexibility index (Phi) is 4.32. The topological polar surface area (TPSA) is 38.1 Å². The molecule has 3 aromatic rings. The molecule has 0 unspecified atom stereocenters. The summed E-state index contributed by atoms with van der Waals surface area (Å²) < 4.78 is 1.93. The van der Waals surface area contributed by atoms with E-state index in [4.69, 9.17) is 0 Å². The number of aryl methyl sites for hydroxylation is 3. The first-order valence-electron chi connectivity index (χ1n) is 8.33. The van der Waals surface area contributed by atoms with Crippen molar-refractivity contribution in [3.05, 3.63) is 72.1 Å². The summed E-state index contributed by atoms with van der Waals surface area (Å²) in [5.41, 5.74) is 4.43. The van der Waals surface area contributed by atoms with E-state index in [9.17, 15) is 4.79 Å². The van der Waals surface area contributed by atoms with Gasteiger partial charge < -0.3 is 4.57 Å². The quantitative estimate of drug-likeness (QED) is 0.672. The number of rotatable bonds is 3. The van der Waals surface area contributed by atoms with Gasteiger partial charge in [0.1, 0.15) is 0 Å². The van der Waals surface area contributed by atoms with Crippen LogP contribution in [0.5, 0.6) is 0 Å². The second-order valence-corrected chi connectivity index (χ2v) is 7.04. The SMILES string of the molecule is Cn1ccnc1SCC(=O)N1c2ccccc2CCc2ccccc21. The Morgan fingerprint density at radius 1 is 1.04 bits per heavy atom. The van der Waals surface area contributed by atoms with E-state index >= 15 is 0 Å². The number of para-hydroxylation sites is 2. The van der Waals surface area contributed by atoms with Gasteiger partial charge in [0.25, 0.3) is 0 Å². The maximum atomic E-state index is 13.2. The standard InChI is InChI=1S/C20H19N3OS/c1-22-13-12-21-20(22)25-14-19(24)23-17-8-4-2-6-15(17)10-11-16-7-3-5-9-18(16)23/h2-9,12-13H,10-11,14H2,1H3. The maximum absolute atomic E-state index is 13.2. The molecule has 2 aromatic carbocycles. The fourth-order valence-electron chi connectivity index (χ4n) is 3.23. The lowest BCUT2D eigenvalue weighted by Crippen LogP contribution is -2.28. The molecule has 0 atom stereocenters. The zero-order valence-electron chi connectivity index (χ0n) is 14.1. The van der Waals surface area contributed by atoms with Crippen molar-refractivity contribution in [2.45, 2.75) is 18.0 Å². The third-order valence-electron chi connectivity index (χ3n) is 4.48. The van der Waals surface area contributed by atoms with Gasteiger partial charge in [-0.25, -0.2) is 4.98 Å². The summed E-state index contributed by atoms with van der Waals surface area (Å²) >= 11 is 1.47. The average molecular weight is 349 g/mol. The zero-order chi connectivity index (χ0) is 17.2. The molecule has 5 heteroatoms. The number of nitrogens with zero attached hydrogens (tertiary/aromatic N) is 3. The van der Waals surface area contributed by atoms with E-state index in [2.05, 4.69) is 17.1 Å². The van der Waals surface area contributed by atoms with E-state index in [1.54, 1.807) is 6.20 Å². The van der Waals surface area contributed by atoms with Crippen LogP contribution >= 0.6 is 11.8 Å². The van der Waals surface area contributed by atoms with Crippen LogP contribution in [0.1, 0.15) is 11.1 Å². The van der Waals surface area contributed by atoms with E-state index in [1.807, 2.05) is 59.1 Å². The van der Waals surface area contributed by atoms with Gasteiger partial charge in [-0.15, -0.1) is 0 Å². The summed E-state index contributed by atoms with van der Waals surface area (Å²) in [6.45, 7) is 0. The van der Waals surface area contributed by atoms with Crippen LogP contribution in [0.2, 0.25) is 0 Å². The average Bonchev–Trinajstić information content (AvgIpc) is 2.97. The van der Waals surface area contributed by atoms with Crippen molar-refractivity contribution in [2.75, 3.05) is 10.7 Å². The number of imidazole rings is 1. The zero-order valence-corrected chi connectivity index (χ0v) is 14.9. The van der Waals surface area contributed by atoms with Crippen molar-refractivity contribution < 1.29 is 4.79 Å². The molecule has 0 spiro atoms. The van der Waals surface area contributed by atoms with E-state index in [-0.39, 0.29) is 5.91 Å². The lowest BCUT2D eigenvalue weighted by Gasteiger charge is -2.24. The molecule has 4 rings (SSSR count). The monoisotopic (exact) mass is 349 g/mol. The van der Waals surface area contributed by atoms with Crippen molar-refractivity contribution in [2.24, 2.45) is 7.05 Å². The summed E-state index contributed by atoms with van der Waals surface area (Å²) in [6, 6.07) is 16.4. The van der Waals surface area contributed by atoms with E-state index < -0.39 is 0 Å². The molecule has 0 saturated carbocycles. The third kappa shape index (κ3) is 3.07. The number of hydrogen-bond donors (Lipinski definition) is 0. The summed E-state index contributed by atoms with van der Waals surface area (Å²) in [4.78, 5) is 19.3. The second-order valence-electron chi connectivity index (χ2n) is 6.10. The molecule has 1 aliphatic heterocycles. The minimum Gasteiger partial charge on any atom is -0.329 e. The van der Waals surface area contributed by atoms with Gasteiger partial charge >= 0.3 is 0 Å². The highest BCUT2D eigenvalue weighted by Crippen LogP contribution is 2.36. The highest BCUT2D eigenvalue weighted by Gasteiger charge is 2.25. The number of aromatic nitrogens is 2.